The van der Waals surface area contributed by atoms with Crippen LogP contribution in [0.4, 0.5) is 0 Å². The molecule has 0 aromatic heterocycles. The van der Waals surface area contributed by atoms with Crippen LogP contribution in [-0.2, 0) is 9.59 Å². The van der Waals surface area contributed by atoms with Crippen molar-refractivity contribution in [1.29, 1.82) is 0 Å². The first kappa shape index (κ1) is 15.0. The Kier molecular flexibility index (Phi) is 6.72. The predicted octanol–water partition coefficient (Wildman–Crippen LogP) is 0.361. The lowest BCUT2D eigenvalue weighted by Crippen LogP contribution is -2.40. The highest BCUT2D eigenvalue weighted by atomic mass is 16.2. The molecule has 2 N–H and O–H groups in total. The maximum atomic E-state index is 11.7. The van der Waals surface area contributed by atoms with E-state index in [0.29, 0.717) is 25.4 Å². The van der Waals surface area contributed by atoms with E-state index >= 15 is 0 Å². The molecule has 1 aliphatic rings. The molecule has 0 spiro atoms. The second-order valence-corrected chi connectivity index (χ2v) is 4.74. The third-order valence-electron chi connectivity index (χ3n) is 3.49. The Morgan fingerprint density at radius 2 is 2.06 bits per heavy atom. The molecule has 0 saturated carbocycles. The lowest BCUT2D eigenvalue weighted by atomic mass is 10.0. The van der Waals surface area contributed by atoms with E-state index in [1.54, 1.807) is 4.90 Å². The van der Waals surface area contributed by atoms with Crippen molar-refractivity contribution in [3.05, 3.63) is 0 Å². The molecule has 0 aromatic rings. The van der Waals surface area contributed by atoms with Gasteiger partial charge in [-0.25, -0.2) is 0 Å². The number of carbonyl (C=O) groups is 2. The summed E-state index contributed by atoms with van der Waals surface area (Å²) in [5.41, 5.74) is 0. The minimum Gasteiger partial charge on any atom is -0.347 e. The van der Waals surface area contributed by atoms with E-state index in [-0.39, 0.29) is 18.4 Å². The summed E-state index contributed by atoms with van der Waals surface area (Å²) in [7, 11) is 0. The van der Waals surface area contributed by atoms with Gasteiger partial charge in [-0.15, -0.1) is 0 Å². The fourth-order valence-electron chi connectivity index (χ4n) is 2.25. The molecule has 1 saturated heterocycles. The van der Waals surface area contributed by atoms with E-state index in [1.165, 1.54) is 0 Å². The van der Waals surface area contributed by atoms with Gasteiger partial charge < -0.3 is 15.5 Å². The Morgan fingerprint density at radius 3 is 2.61 bits per heavy atom. The minimum atomic E-state index is -0.0117. The third-order valence-corrected chi connectivity index (χ3v) is 3.49. The first-order valence-electron chi connectivity index (χ1n) is 6.92. The average molecular weight is 255 g/mol. The maximum Gasteiger partial charge on any atom is 0.241 e. The van der Waals surface area contributed by atoms with E-state index < -0.39 is 0 Å². The van der Waals surface area contributed by atoms with Gasteiger partial charge in [0.25, 0.3) is 0 Å². The van der Waals surface area contributed by atoms with E-state index in [9.17, 15) is 9.59 Å². The summed E-state index contributed by atoms with van der Waals surface area (Å²) in [6.07, 6.45) is 2.60. The lowest BCUT2D eigenvalue weighted by molar-refractivity contribution is -0.132. The van der Waals surface area contributed by atoms with Crippen LogP contribution in [0.5, 0.6) is 0 Å². The monoisotopic (exact) mass is 255 g/mol. The Morgan fingerprint density at radius 1 is 1.33 bits per heavy atom. The fourth-order valence-corrected chi connectivity index (χ4v) is 2.25. The average Bonchev–Trinajstić information content (AvgIpc) is 2.88. The summed E-state index contributed by atoms with van der Waals surface area (Å²) in [4.78, 5) is 25.0. The highest BCUT2D eigenvalue weighted by Gasteiger charge is 2.16. The summed E-state index contributed by atoms with van der Waals surface area (Å²) in [5, 5.41) is 5.99. The number of carbonyl (C=O) groups excluding carboxylic acids is 2. The van der Waals surface area contributed by atoms with E-state index in [2.05, 4.69) is 10.6 Å². The zero-order valence-corrected chi connectivity index (χ0v) is 11.5. The SMILES string of the molecule is CCN(CC)C(=O)CNC(=O)CCC1CCNC1. The number of amides is 2. The van der Waals surface area contributed by atoms with Crippen LogP contribution in [0.1, 0.15) is 33.1 Å². The third kappa shape index (κ3) is 5.04. The molecule has 0 aromatic carbocycles. The molecule has 0 radical (unpaired) electrons. The van der Waals surface area contributed by atoms with Crippen LogP contribution in [0.25, 0.3) is 0 Å². The van der Waals surface area contributed by atoms with E-state index in [4.69, 9.17) is 0 Å². The molecular weight excluding hydrogens is 230 g/mol. The summed E-state index contributed by atoms with van der Waals surface area (Å²) < 4.78 is 0. The van der Waals surface area contributed by atoms with Gasteiger partial charge in [-0.3, -0.25) is 9.59 Å². The van der Waals surface area contributed by atoms with Gasteiger partial charge in [-0.2, -0.15) is 0 Å². The van der Waals surface area contributed by atoms with Gasteiger partial charge in [0.15, 0.2) is 0 Å². The molecule has 1 fully saturated rings. The van der Waals surface area contributed by atoms with Crippen LogP contribution in [0.3, 0.4) is 0 Å². The van der Waals surface area contributed by atoms with Crippen LogP contribution >= 0.6 is 0 Å². The first-order chi connectivity index (χ1) is 8.67. The Balaban J connectivity index is 2.13. The molecular formula is C13H25N3O2. The molecule has 1 unspecified atom stereocenters. The van der Waals surface area contributed by atoms with Crippen LogP contribution < -0.4 is 10.6 Å². The number of nitrogens with one attached hydrogen (secondary N) is 2. The topological polar surface area (TPSA) is 61.4 Å². The van der Waals surface area contributed by atoms with Crippen molar-refractivity contribution in [2.24, 2.45) is 5.92 Å². The lowest BCUT2D eigenvalue weighted by Gasteiger charge is -2.18. The molecule has 5 nitrogen and oxygen atoms in total. The Bertz CT molecular complexity index is 271. The van der Waals surface area contributed by atoms with Crippen molar-refractivity contribution in [3.63, 3.8) is 0 Å². The van der Waals surface area contributed by atoms with Crippen LogP contribution in [0.2, 0.25) is 0 Å². The second-order valence-electron chi connectivity index (χ2n) is 4.74. The molecule has 2 amide bonds. The van der Waals surface area contributed by atoms with Gasteiger partial charge in [-0.05, 0) is 45.7 Å². The fraction of sp³-hybridized carbons (Fsp3) is 0.846. The molecule has 18 heavy (non-hydrogen) atoms. The van der Waals surface area contributed by atoms with Crippen molar-refractivity contribution in [2.75, 3.05) is 32.7 Å². The summed E-state index contributed by atoms with van der Waals surface area (Å²) >= 11 is 0. The molecule has 1 rings (SSSR count). The number of hydrogen-bond acceptors (Lipinski definition) is 3. The van der Waals surface area contributed by atoms with Crippen molar-refractivity contribution in [3.8, 4) is 0 Å². The Hall–Kier alpha value is -1.10. The van der Waals surface area contributed by atoms with Gasteiger partial charge in [0.1, 0.15) is 0 Å². The molecule has 104 valence electrons. The van der Waals surface area contributed by atoms with Crippen LogP contribution in [0, 0.1) is 5.92 Å². The van der Waals surface area contributed by atoms with Gasteiger partial charge in [0.2, 0.25) is 11.8 Å². The van der Waals surface area contributed by atoms with E-state index in [1.807, 2.05) is 13.8 Å². The molecule has 0 bridgehead atoms. The highest BCUT2D eigenvalue weighted by Crippen LogP contribution is 2.13. The minimum absolute atomic E-state index is 0.00381. The number of likely N-dealkylation sites (N-methyl/N-ethyl adjacent to an activating group) is 1. The van der Waals surface area contributed by atoms with Crippen LogP contribution in [0.15, 0.2) is 0 Å². The highest BCUT2D eigenvalue weighted by molar-refractivity contribution is 5.84. The molecule has 5 heteroatoms. The Labute approximate surface area is 109 Å². The number of rotatable bonds is 7. The van der Waals surface area contributed by atoms with Gasteiger partial charge >= 0.3 is 0 Å². The first-order valence-corrected chi connectivity index (χ1v) is 6.92. The smallest absolute Gasteiger partial charge is 0.241 e. The van der Waals surface area contributed by atoms with E-state index in [0.717, 1.165) is 25.9 Å². The van der Waals surface area contributed by atoms with Crippen molar-refractivity contribution >= 4 is 11.8 Å². The molecule has 0 aliphatic carbocycles. The van der Waals surface area contributed by atoms with Crippen LogP contribution in [-0.4, -0.2) is 49.4 Å². The number of hydrogen-bond donors (Lipinski definition) is 2. The number of nitrogens with zero attached hydrogens (tertiary/aromatic N) is 1. The summed E-state index contributed by atoms with van der Waals surface area (Å²) in [6.45, 7) is 7.48. The van der Waals surface area contributed by atoms with Crippen molar-refractivity contribution in [1.82, 2.24) is 15.5 Å². The normalized spacial score (nSPS) is 18.7. The largest absolute Gasteiger partial charge is 0.347 e. The molecule has 1 aliphatic heterocycles. The summed E-state index contributed by atoms with van der Waals surface area (Å²) in [5.74, 6) is 0.604. The zero-order valence-electron chi connectivity index (χ0n) is 11.5. The van der Waals surface area contributed by atoms with Crippen molar-refractivity contribution in [2.45, 2.75) is 33.1 Å². The van der Waals surface area contributed by atoms with Gasteiger partial charge in [0, 0.05) is 19.5 Å². The predicted molar refractivity (Wildman–Crippen MR) is 71.1 cm³/mol. The summed E-state index contributed by atoms with van der Waals surface area (Å²) in [6, 6.07) is 0. The maximum absolute atomic E-state index is 11.7. The molecule has 1 atom stereocenters. The molecule has 1 heterocycles. The second kappa shape index (κ2) is 8.08. The van der Waals surface area contributed by atoms with Gasteiger partial charge in [-0.1, -0.05) is 0 Å². The standard InChI is InChI=1S/C13H25N3O2/c1-3-16(4-2)13(18)10-15-12(17)6-5-11-7-8-14-9-11/h11,14H,3-10H2,1-2H3,(H,15,17). The van der Waals surface area contributed by atoms with Gasteiger partial charge in [0.05, 0.1) is 6.54 Å². The zero-order chi connectivity index (χ0) is 13.4. The quantitative estimate of drug-likeness (QED) is 0.690. The van der Waals surface area contributed by atoms with Crippen molar-refractivity contribution < 1.29 is 9.59 Å².